The first-order valence-electron chi connectivity index (χ1n) is 6.14. The molecular weight excluding hydrogens is 298 g/mol. The van der Waals surface area contributed by atoms with Crippen molar-refractivity contribution in [3.05, 3.63) is 22.4 Å². The van der Waals surface area contributed by atoms with E-state index in [2.05, 4.69) is 45.7 Å². The highest BCUT2D eigenvalue weighted by atomic mass is 79.9. The number of amides is 1. The number of nitrogens with one attached hydrogen (secondary N) is 1. The average Bonchev–Trinajstić information content (AvgIpc) is 2.81. The van der Waals surface area contributed by atoms with Gasteiger partial charge in [-0.1, -0.05) is 28.9 Å². The third-order valence-electron chi connectivity index (χ3n) is 2.72. The molecule has 1 heterocycles. The minimum absolute atomic E-state index is 0.189. The SMILES string of the molecule is CCC(CCBr)NC(=O)CCCc1cccs1. The Morgan fingerprint density at radius 1 is 1.59 bits per heavy atom. The molecule has 1 atom stereocenters. The van der Waals surface area contributed by atoms with Crippen LogP contribution in [-0.2, 0) is 11.2 Å². The zero-order chi connectivity index (χ0) is 12.5. The lowest BCUT2D eigenvalue weighted by Gasteiger charge is -2.15. The van der Waals surface area contributed by atoms with Crippen LogP contribution < -0.4 is 5.32 Å². The van der Waals surface area contributed by atoms with Gasteiger partial charge in [-0.25, -0.2) is 0 Å². The van der Waals surface area contributed by atoms with Crippen molar-refractivity contribution in [2.24, 2.45) is 0 Å². The highest BCUT2D eigenvalue weighted by Gasteiger charge is 2.09. The molecule has 1 unspecified atom stereocenters. The zero-order valence-electron chi connectivity index (χ0n) is 10.2. The molecule has 0 aliphatic heterocycles. The Morgan fingerprint density at radius 2 is 2.41 bits per heavy atom. The molecule has 1 rings (SSSR count). The maximum Gasteiger partial charge on any atom is 0.220 e. The van der Waals surface area contributed by atoms with Crippen molar-refractivity contribution < 1.29 is 4.79 Å². The summed E-state index contributed by atoms with van der Waals surface area (Å²) in [5, 5.41) is 6.11. The molecule has 1 aromatic rings. The van der Waals surface area contributed by atoms with Crippen molar-refractivity contribution in [3.8, 4) is 0 Å². The number of carbonyl (C=O) groups excluding carboxylic acids is 1. The largest absolute Gasteiger partial charge is 0.353 e. The first-order valence-corrected chi connectivity index (χ1v) is 8.14. The molecule has 4 heteroatoms. The third-order valence-corrected chi connectivity index (χ3v) is 4.12. The second kappa shape index (κ2) is 8.70. The maximum absolute atomic E-state index is 11.7. The van der Waals surface area contributed by atoms with E-state index in [-0.39, 0.29) is 5.91 Å². The molecule has 0 aliphatic carbocycles. The maximum atomic E-state index is 11.7. The molecular formula is C13H20BrNOS. The predicted molar refractivity (Wildman–Crippen MR) is 77.9 cm³/mol. The van der Waals surface area contributed by atoms with Crippen molar-refractivity contribution in [1.82, 2.24) is 5.32 Å². The lowest BCUT2D eigenvalue weighted by Crippen LogP contribution is -2.34. The molecule has 1 aromatic heterocycles. The smallest absolute Gasteiger partial charge is 0.220 e. The fourth-order valence-corrected chi connectivity index (χ4v) is 2.99. The summed E-state index contributed by atoms with van der Waals surface area (Å²) in [6.45, 7) is 2.11. The summed E-state index contributed by atoms with van der Waals surface area (Å²) >= 11 is 5.17. The number of alkyl halides is 1. The van der Waals surface area contributed by atoms with E-state index in [0.29, 0.717) is 12.5 Å². The molecule has 0 saturated carbocycles. The van der Waals surface area contributed by atoms with Crippen molar-refractivity contribution in [2.45, 2.75) is 45.1 Å². The van der Waals surface area contributed by atoms with Gasteiger partial charge in [-0.05, 0) is 37.1 Å². The Balaban J connectivity index is 2.16. The van der Waals surface area contributed by atoms with Gasteiger partial charge in [0.2, 0.25) is 5.91 Å². The van der Waals surface area contributed by atoms with Gasteiger partial charge in [-0.2, -0.15) is 0 Å². The summed E-state index contributed by atoms with van der Waals surface area (Å²) in [5.41, 5.74) is 0. The number of carbonyl (C=O) groups is 1. The second-order valence-corrected chi connectivity index (χ2v) is 5.91. The van der Waals surface area contributed by atoms with Crippen LogP contribution in [0, 0.1) is 0 Å². The minimum Gasteiger partial charge on any atom is -0.353 e. The summed E-state index contributed by atoms with van der Waals surface area (Å²) in [4.78, 5) is 13.1. The van der Waals surface area contributed by atoms with Crippen LogP contribution in [0.25, 0.3) is 0 Å². The van der Waals surface area contributed by atoms with E-state index in [1.165, 1.54) is 4.88 Å². The Hall–Kier alpha value is -0.350. The molecule has 0 bridgehead atoms. The average molecular weight is 318 g/mol. The number of halogens is 1. The van der Waals surface area contributed by atoms with Crippen molar-refractivity contribution in [3.63, 3.8) is 0 Å². The van der Waals surface area contributed by atoms with Gasteiger partial charge in [0.05, 0.1) is 0 Å². The fourth-order valence-electron chi connectivity index (χ4n) is 1.69. The van der Waals surface area contributed by atoms with Crippen LogP contribution in [0.1, 0.15) is 37.5 Å². The van der Waals surface area contributed by atoms with E-state index in [9.17, 15) is 4.79 Å². The molecule has 0 spiro atoms. The quantitative estimate of drug-likeness (QED) is 0.727. The molecule has 1 amide bonds. The zero-order valence-corrected chi connectivity index (χ0v) is 12.6. The Kier molecular flexibility index (Phi) is 7.53. The van der Waals surface area contributed by atoms with Crippen LogP contribution in [0.5, 0.6) is 0 Å². The van der Waals surface area contributed by atoms with Crippen LogP contribution in [-0.4, -0.2) is 17.3 Å². The fraction of sp³-hybridized carbons (Fsp3) is 0.615. The van der Waals surface area contributed by atoms with E-state index in [4.69, 9.17) is 0 Å². The number of aryl methyl sites for hydroxylation is 1. The Morgan fingerprint density at radius 3 is 3.00 bits per heavy atom. The molecule has 0 aliphatic rings. The minimum atomic E-state index is 0.189. The molecule has 0 radical (unpaired) electrons. The Bertz CT molecular complexity index is 313. The van der Waals surface area contributed by atoms with Crippen LogP contribution in [0.4, 0.5) is 0 Å². The van der Waals surface area contributed by atoms with Crippen LogP contribution in [0.2, 0.25) is 0 Å². The van der Waals surface area contributed by atoms with Crippen molar-refractivity contribution >= 4 is 33.2 Å². The number of rotatable bonds is 8. The van der Waals surface area contributed by atoms with Gasteiger partial charge in [0, 0.05) is 22.7 Å². The molecule has 96 valence electrons. The van der Waals surface area contributed by atoms with E-state index in [1.807, 2.05) is 0 Å². The lowest BCUT2D eigenvalue weighted by atomic mass is 10.1. The predicted octanol–water partition coefficient (Wildman–Crippen LogP) is 3.75. The molecule has 17 heavy (non-hydrogen) atoms. The van der Waals surface area contributed by atoms with Gasteiger partial charge < -0.3 is 5.32 Å². The van der Waals surface area contributed by atoms with E-state index >= 15 is 0 Å². The first-order chi connectivity index (χ1) is 8.26. The van der Waals surface area contributed by atoms with Crippen LogP contribution in [0.15, 0.2) is 17.5 Å². The summed E-state index contributed by atoms with van der Waals surface area (Å²) in [6.07, 6.45) is 4.60. The lowest BCUT2D eigenvalue weighted by molar-refractivity contribution is -0.121. The topological polar surface area (TPSA) is 29.1 Å². The highest BCUT2D eigenvalue weighted by Crippen LogP contribution is 2.12. The molecule has 0 saturated heterocycles. The van der Waals surface area contributed by atoms with E-state index in [1.54, 1.807) is 11.3 Å². The summed E-state index contributed by atoms with van der Waals surface area (Å²) in [7, 11) is 0. The molecule has 1 N–H and O–H groups in total. The first kappa shape index (κ1) is 14.7. The monoisotopic (exact) mass is 317 g/mol. The van der Waals surface area contributed by atoms with Crippen molar-refractivity contribution in [2.75, 3.05) is 5.33 Å². The van der Waals surface area contributed by atoms with Gasteiger partial charge in [-0.15, -0.1) is 11.3 Å². The molecule has 0 fully saturated rings. The summed E-state index contributed by atoms with van der Waals surface area (Å²) < 4.78 is 0. The highest BCUT2D eigenvalue weighted by molar-refractivity contribution is 9.09. The molecule has 0 aromatic carbocycles. The van der Waals surface area contributed by atoms with Crippen LogP contribution in [0.3, 0.4) is 0 Å². The second-order valence-electron chi connectivity index (χ2n) is 4.08. The van der Waals surface area contributed by atoms with Gasteiger partial charge >= 0.3 is 0 Å². The molecule has 2 nitrogen and oxygen atoms in total. The van der Waals surface area contributed by atoms with Gasteiger partial charge in [0.25, 0.3) is 0 Å². The third kappa shape index (κ3) is 6.22. The number of thiophene rings is 1. The van der Waals surface area contributed by atoms with Gasteiger partial charge in [0.1, 0.15) is 0 Å². The van der Waals surface area contributed by atoms with E-state index in [0.717, 1.165) is 31.0 Å². The van der Waals surface area contributed by atoms with Gasteiger partial charge in [-0.3, -0.25) is 4.79 Å². The van der Waals surface area contributed by atoms with Crippen molar-refractivity contribution in [1.29, 1.82) is 0 Å². The number of hydrogen-bond donors (Lipinski definition) is 1. The summed E-state index contributed by atoms with van der Waals surface area (Å²) in [6, 6.07) is 4.51. The number of hydrogen-bond acceptors (Lipinski definition) is 2. The summed E-state index contributed by atoms with van der Waals surface area (Å²) in [5.74, 6) is 0.189. The Labute approximate surface area is 116 Å². The van der Waals surface area contributed by atoms with E-state index < -0.39 is 0 Å². The van der Waals surface area contributed by atoms with Crippen LogP contribution >= 0.6 is 27.3 Å². The standard InChI is InChI=1S/C13H20BrNOS/c1-2-11(8-9-14)15-13(16)7-3-5-12-6-4-10-17-12/h4,6,10-11H,2-3,5,7-9H2,1H3,(H,15,16). The van der Waals surface area contributed by atoms with Gasteiger partial charge in [0.15, 0.2) is 0 Å². The normalized spacial score (nSPS) is 12.4.